The predicted molar refractivity (Wildman–Crippen MR) is 141 cm³/mol. The average molecular weight is 508 g/mol. The molecule has 1 aliphatic carbocycles. The molecule has 1 saturated heterocycles. The Morgan fingerprint density at radius 2 is 2.08 bits per heavy atom. The van der Waals surface area contributed by atoms with Gasteiger partial charge in [-0.25, -0.2) is 9.37 Å². The Labute approximate surface area is 216 Å². The Balaban J connectivity index is 1.58. The number of amides is 1. The van der Waals surface area contributed by atoms with Crippen molar-refractivity contribution in [3.05, 3.63) is 64.0 Å². The number of carbonyl (C=O) groups is 1. The number of methoxy groups -OCH3 is 1. The molecule has 0 spiro atoms. The van der Waals surface area contributed by atoms with Crippen LogP contribution in [0.15, 0.2) is 30.5 Å². The third-order valence-electron chi connectivity index (χ3n) is 7.48. The monoisotopic (exact) mass is 507 g/mol. The van der Waals surface area contributed by atoms with E-state index in [1.807, 2.05) is 19.9 Å². The summed E-state index contributed by atoms with van der Waals surface area (Å²) < 4.78 is 20.0. The summed E-state index contributed by atoms with van der Waals surface area (Å²) in [7, 11) is 1.42. The van der Waals surface area contributed by atoms with Gasteiger partial charge in [-0.3, -0.25) is 4.79 Å². The number of benzene rings is 1. The minimum Gasteiger partial charge on any atom is -0.618 e. The molecule has 8 nitrogen and oxygen atoms in total. The van der Waals surface area contributed by atoms with Crippen LogP contribution in [0.4, 0.5) is 10.1 Å². The van der Waals surface area contributed by atoms with Crippen LogP contribution in [0, 0.1) is 17.9 Å². The Bertz CT molecular complexity index is 1340. The summed E-state index contributed by atoms with van der Waals surface area (Å²) in [5.41, 5.74) is 3.99. The molecule has 1 aliphatic heterocycles. The molecule has 1 amide bonds. The third-order valence-corrected chi connectivity index (χ3v) is 7.48. The van der Waals surface area contributed by atoms with E-state index in [1.54, 1.807) is 18.3 Å². The average Bonchev–Trinajstić information content (AvgIpc) is 3.73. The zero-order chi connectivity index (χ0) is 26.3. The number of rotatable bonds is 6. The van der Waals surface area contributed by atoms with Crippen LogP contribution in [0.1, 0.15) is 72.4 Å². The van der Waals surface area contributed by atoms with Crippen LogP contribution in [0.2, 0.25) is 0 Å². The number of ether oxygens (including phenoxy) is 1. The van der Waals surface area contributed by atoms with Gasteiger partial charge in [0.05, 0.1) is 24.4 Å². The van der Waals surface area contributed by atoms with E-state index in [9.17, 15) is 14.4 Å². The molecule has 0 radical (unpaired) electrons. The van der Waals surface area contributed by atoms with Crippen LogP contribution < -0.4 is 25.0 Å². The number of nitrogens with one attached hydrogen (secondary N) is 2. The van der Waals surface area contributed by atoms with Crippen molar-refractivity contribution in [2.45, 2.75) is 58.0 Å². The molecule has 9 heteroatoms. The number of anilines is 1. The Hall–Kier alpha value is -3.46. The van der Waals surface area contributed by atoms with Crippen LogP contribution >= 0.6 is 0 Å². The lowest BCUT2D eigenvalue weighted by atomic mass is 10.0. The van der Waals surface area contributed by atoms with Gasteiger partial charge in [-0.05, 0) is 50.8 Å². The molecule has 3 heterocycles. The van der Waals surface area contributed by atoms with Crippen molar-refractivity contribution < 1.29 is 18.7 Å². The van der Waals surface area contributed by atoms with E-state index < -0.39 is 5.82 Å². The SMILES string of the molecule is COc1cc(C(C)NC(=O)c2cnc3c(C4CC4)[n+]([O-])c(C)cc3c2N2CCN[C@@H](C)CC2)ccc1F. The molecular formula is C28H34FN5O3. The summed E-state index contributed by atoms with van der Waals surface area (Å²) in [6.07, 6.45) is 4.49. The molecule has 2 fully saturated rings. The molecule has 37 heavy (non-hydrogen) atoms. The zero-order valence-corrected chi connectivity index (χ0v) is 21.8. The van der Waals surface area contributed by atoms with E-state index in [4.69, 9.17) is 4.74 Å². The molecule has 2 atom stereocenters. The van der Waals surface area contributed by atoms with Crippen molar-refractivity contribution >= 4 is 22.5 Å². The van der Waals surface area contributed by atoms with Gasteiger partial charge in [0.15, 0.2) is 17.3 Å². The summed E-state index contributed by atoms with van der Waals surface area (Å²) in [5.74, 6) is -0.381. The fourth-order valence-corrected chi connectivity index (χ4v) is 5.17. The summed E-state index contributed by atoms with van der Waals surface area (Å²) in [4.78, 5) is 20.7. The molecule has 1 saturated carbocycles. The van der Waals surface area contributed by atoms with Crippen molar-refractivity contribution in [2.24, 2.45) is 0 Å². The van der Waals surface area contributed by atoms with Crippen LogP contribution in [0.5, 0.6) is 5.75 Å². The van der Waals surface area contributed by atoms with Crippen molar-refractivity contribution in [3.63, 3.8) is 0 Å². The fourth-order valence-electron chi connectivity index (χ4n) is 5.17. The number of aromatic nitrogens is 2. The van der Waals surface area contributed by atoms with Gasteiger partial charge in [0.25, 0.3) is 5.91 Å². The maximum Gasteiger partial charge on any atom is 0.255 e. The molecule has 196 valence electrons. The fraction of sp³-hybridized carbons (Fsp3) is 0.464. The first-order chi connectivity index (χ1) is 17.8. The number of hydrogen-bond donors (Lipinski definition) is 2. The summed E-state index contributed by atoms with van der Waals surface area (Å²) >= 11 is 0. The second-order valence-electron chi connectivity index (χ2n) is 10.2. The summed E-state index contributed by atoms with van der Waals surface area (Å²) in [6.45, 7) is 8.13. The first kappa shape index (κ1) is 25.2. The maximum absolute atomic E-state index is 13.9. The molecule has 5 rings (SSSR count). The largest absolute Gasteiger partial charge is 0.618 e. The van der Waals surface area contributed by atoms with E-state index in [0.29, 0.717) is 28.5 Å². The zero-order valence-electron chi connectivity index (χ0n) is 21.8. The van der Waals surface area contributed by atoms with E-state index in [0.717, 1.165) is 60.3 Å². The maximum atomic E-state index is 13.9. The number of halogens is 1. The molecule has 2 aromatic heterocycles. The minimum absolute atomic E-state index is 0.131. The molecule has 0 bridgehead atoms. The second-order valence-corrected chi connectivity index (χ2v) is 10.2. The van der Waals surface area contributed by atoms with Crippen LogP contribution in [0.3, 0.4) is 0 Å². The highest BCUT2D eigenvalue weighted by atomic mass is 19.1. The minimum atomic E-state index is -0.452. The van der Waals surface area contributed by atoms with Gasteiger partial charge < -0.3 is 25.5 Å². The van der Waals surface area contributed by atoms with Crippen LogP contribution in [-0.4, -0.2) is 43.7 Å². The number of hydrogen-bond acceptors (Lipinski definition) is 6. The quantitative estimate of drug-likeness (QED) is 0.389. The van der Waals surface area contributed by atoms with Crippen LogP contribution in [0.25, 0.3) is 10.9 Å². The number of nitrogens with zero attached hydrogens (tertiary/aromatic N) is 3. The standard InChI is InChI=1S/C28H34FN5O3/c1-16-9-11-33(12-10-30-16)27-21-13-17(2)34(36)26(19-5-6-19)25(21)31-15-22(27)28(35)32-18(3)20-7-8-23(29)24(14-20)37-4/h7-8,13-16,18-19,30H,5-6,9-12H2,1-4H3,(H,32,35)/t16-,18?/m0/s1. The topological polar surface area (TPSA) is 93.4 Å². The van der Waals surface area contributed by atoms with Gasteiger partial charge in [-0.1, -0.05) is 6.07 Å². The van der Waals surface area contributed by atoms with Gasteiger partial charge >= 0.3 is 0 Å². The molecule has 1 aromatic carbocycles. The normalized spacial score (nSPS) is 18.9. The highest BCUT2D eigenvalue weighted by Crippen LogP contribution is 2.43. The van der Waals surface area contributed by atoms with Gasteiger partial charge in [0.1, 0.15) is 5.52 Å². The van der Waals surface area contributed by atoms with E-state index in [-0.39, 0.29) is 23.6 Å². The van der Waals surface area contributed by atoms with Crippen molar-refractivity contribution in [2.75, 3.05) is 31.6 Å². The van der Waals surface area contributed by atoms with Gasteiger partial charge in [0, 0.05) is 56.2 Å². The number of pyridine rings is 2. The highest BCUT2D eigenvalue weighted by molar-refractivity contribution is 6.08. The summed E-state index contributed by atoms with van der Waals surface area (Å²) in [6, 6.07) is 6.42. The predicted octanol–water partition coefficient (Wildman–Crippen LogP) is 3.88. The van der Waals surface area contributed by atoms with Crippen LogP contribution in [-0.2, 0) is 0 Å². The lowest BCUT2D eigenvalue weighted by Gasteiger charge is -2.27. The Morgan fingerprint density at radius 1 is 1.30 bits per heavy atom. The lowest BCUT2D eigenvalue weighted by Crippen LogP contribution is -2.37. The van der Waals surface area contributed by atoms with Gasteiger partial charge in [-0.2, -0.15) is 4.73 Å². The van der Waals surface area contributed by atoms with E-state index >= 15 is 0 Å². The number of carbonyl (C=O) groups excluding carboxylic acids is 1. The molecule has 2 N–H and O–H groups in total. The number of fused-ring (bicyclic) bond motifs is 1. The molecule has 1 unspecified atom stereocenters. The van der Waals surface area contributed by atoms with E-state index in [2.05, 4.69) is 27.4 Å². The van der Waals surface area contributed by atoms with E-state index in [1.165, 1.54) is 13.2 Å². The third kappa shape index (κ3) is 4.92. The van der Waals surface area contributed by atoms with Crippen molar-refractivity contribution in [1.82, 2.24) is 15.6 Å². The number of aryl methyl sites for hydroxylation is 1. The molecular weight excluding hydrogens is 473 g/mol. The molecule has 2 aliphatic rings. The van der Waals surface area contributed by atoms with Gasteiger partial charge in [0.2, 0.25) is 5.69 Å². The lowest BCUT2D eigenvalue weighted by molar-refractivity contribution is -0.619. The highest BCUT2D eigenvalue weighted by Gasteiger charge is 2.36. The van der Waals surface area contributed by atoms with Gasteiger partial charge in [-0.15, -0.1) is 0 Å². The second kappa shape index (κ2) is 10.1. The Kier molecular flexibility index (Phi) is 6.90. The Morgan fingerprint density at radius 3 is 2.81 bits per heavy atom. The molecule has 3 aromatic rings. The van der Waals surface area contributed by atoms with Crippen molar-refractivity contribution in [3.8, 4) is 5.75 Å². The smallest absolute Gasteiger partial charge is 0.255 e. The summed E-state index contributed by atoms with van der Waals surface area (Å²) in [5, 5.41) is 20.4. The first-order valence-corrected chi connectivity index (χ1v) is 13.0. The first-order valence-electron chi connectivity index (χ1n) is 13.0. The van der Waals surface area contributed by atoms with Crippen molar-refractivity contribution in [1.29, 1.82) is 0 Å².